The van der Waals surface area contributed by atoms with Gasteiger partial charge in [0.2, 0.25) is 5.88 Å². The van der Waals surface area contributed by atoms with Gasteiger partial charge in [0, 0.05) is 25.2 Å². The van der Waals surface area contributed by atoms with Crippen LogP contribution in [-0.4, -0.2) is 35.7 Å². The Morgan fingerprint density at radius 1 is 1.30 bits per heavy atom. The Hall–Kier alpha value is -1.36. The standard InChI is InChI=1S/C15H26N4O/c1-3-20-15-11-14(17-12(2)18-15)19(10-9-16)13-7-5-4-6-8-13/h11,13H,3-10,16H2,1-2H3. The molecule has 2 N–H and O–H groups in total. The first-order chi connectivity index (χ1) is 9.74. The summed E-state index contributed by atoms with van der Waals surface area (Å²) in [6.45, 7) is 5.98. The predicted octanol–water partition coefficient (Wildman–Crippen LogP) is 2.28. The smallest absolute Gasteiger partial charge is 0.218 e. The molecule has 0 unspecified atom stereocenters. The fraction of sp³-hybridized carbons (Fsp3) is 0.733. The predicted molar refractivity (Wildman–Crippen MR) is 81.2 cm³/mol. The third-order valence-electron chi connectivity index (χ3n) is 3.77. The lowest BCUT2D eigenvalue weighted by Gasteiger charge is -2.35. The summed E-state index contributed by atoms with van der Waals surface area (Å²) in [7, 11) is 0. The second-order valence-electron chi connectivity index (χ2n) is 5.32. The highest BCUT2D eigenvalue weighted by Gasteiger charge is 2.22. The van der Waals surface area contributed by atoms with Gasteiger partial charge in [-0.1, -0.05) is 19.3 Å². The van der Waals surface area contributed by atoms with E-state index in [4.69, 9.17) is 10.5 Å². The number of ether oxygens (including phenoxy) is 1. The topological polar surface area (TPSA) is 64.3 Å². The molecular formula is C15H26N4O. The molecule has 0 radical (unpaired) electrons. The van der Waals surface area contributed by atoms with Crippen molar-refractivity contribution in [3.05, 3.63) is 11.9 Å². The lowest BCUT2D eigenvalue weighted by atomic mass is 9.94. The van der Waals surface area contributed by atoms with E-state index in [1.807, 2.05) is 19.9 Å². The molecule has 1 aromatic rings. The van der Waals surface area contributed by atoms with E-state index < -0.39 is 0 Å². The molecule has 0 aromatic carbocycles. The SMILES string of the molecule is CCOc1cc(N(CCN)C2CCCCC2)nc(C)n1. The molecule has 1 saturated carbocycles. The van der Waals surface area contributed by atoms with E-state index in [2.05, 4.69) is 14.9 Å². The van der Waals surface area contributed by atoms with Crippen molar-refractivity contribution in [1.29, 1.82) is 0 Å². The van der Waals surface area contributed by atoms with Gasteiger partial charge < -0.3 is 15.4 Å². The quantitative estimate of drug-likeness (QED) is 0.865. The van der Waals surface area contributed by atoms with Gasteiger partial charge in [0.1, 0.15) is 11.6 Å². The normalized spacial score (nSPS) is 16.1. The molecule has 0 spiro atoms. The van der Waals surface area contributed by atoms with Crippen LogP contribution < -0.4 is 15.4 Å². The summed E-state index contributed by atoms with van der Waals surface area (Å²) >= 11 is 0. The molecular weight excluding hydrogens is 252 g/mol. The number of rotatable bonds is 6. The molecule has 0 bridgehead atoms. The number of hydrogen-bond acceptors (Lipinski definition) is 5. The summed E-state index contributed by atoms with van der Waals surface area (Å²) in [6, 6.07) is 2.50. The lowest BCUT2D eigenvalue weighted by Crippen LogP contribution is -2.40. The third kappa shape index (κ3) is 3.82. The van der Waals surface area contributed by atoms with Crippen molar-refractivity contribution in [2.75, 3.05) is 24.6 Å². The molecule has 1 aliphatic carbocycles. The molecule has 0 atom stereocenters. The van der Waals surface area contributed by atoms with Crippen LogP contribution in [0.2, 0.25) is 0 Å². The molecule has 1 aromatic heterocycles. The monoisotopic (exact) mass is 278 g/mol. The van der Waals surface area contributed by atoms with Crippen molar-refractivity contribution in [3.63, 3.8) is 0 Å². The summed E-state index contributed by atoms with van der Waals surface area (Å²) in [4.78, 5) is 11.3. The number of anilines is 1. The van der Waals surface area contributed by atoms with E-state index in [-0.39, 0.29) is 0 Å². The Morgan fingerprint density at radius 2 is 2.05 bits per heavy atom. The van der Waals surface area contributed by atoms with Crippen molar-refractivity contribution < 1.29 is 4.74 Å². The summed E-state index contributed by atoms with van der Waals surface area (Å²) in [5.41, 5.74) is 5.79. The minimum atomic E-state index is 0.552. The molecule has 2 rings (SSSR count). The number of hydrogen-bond donors (Lipinski definition) is 1. The first-order valence-electron chi connectivity index (χ1n) is 7.69. The maximum Gasteiger partial charge on any atom is 0.218 e. The van der Waals surface area contributed by atoms with E-state index in [0.29, 0.717) is 25.1 Å². The van der Waals surface area contributed by atoms with Crippen molar-refractivity contribution in [2.45, 2.75) is 52.0 Å². The first-order valence-corrected chi connectivity index (χ1v) is 7.69. The highest BCUT2D eigenvalue weighted by atomic mass is 16.5. The molecule has 1 heterocycles. The largest absolute Gasteiger partial charge is 0.478 e. The zero-order valence-electron chi connectivity index (χ0n) is 12.6. The molecule has 5 heteroatoms. The van der Waals surface area contributed by atoms with Gasteiger partial charge in [0.05, 0.1) is 6.61 Å². The Balaban J connectivity index is 2.22. The fourth-order valence-electron chi connectivity index (χ4n) is 2.91. The molecule has 0 saturated heterocycles. The van der Waals surface area contributed by atoms with E-state index in [0.717, 1.165) is 18.2 Å². The second-order valence-corrected chi connectivity index (χ2v) is 5.32. The van der Waals surface area contributed by atoms with Crippen molar-refractivity contribution in [1.82, 2.24) is 9.97 Å². The van der Waals surface area contributed by atoms with Crippen LogP contribution in [0.15, 0.2) is 6.07 Å². The molecule has 0 amide bonds. The first kappa shape index (κ1) is 15.0. The van der Waals surface area contributed by atoms with Gasteiger partial charge >= 0.3 is 0 Å². The maximum absolute atomic E-state index is 5.79. The number of aryl methyl sites for hydroxylation is 1. The minimum absolute atomic E-state index is 0.552. The number of aromatic nitrogens is 2. The molecule has 1 fully saturated rings. The zero-order valence-corrected chi connectivity index (χ0v) is 12.6. The van der Waals surface area contributed by atoms with Crippen molar-refractivity contribution in [2.24, 2.45) is 5.73 Å². The Bertz CT molecular complexity index is 418. The van der Waals surface area contributed by atoms with E-state index in [9.17, 15) is 0 Å². The van der Waals surface area contributed by atoms with Crippen molar-refractivity contribution >= 4 is 5.82 Å². The lowest BCUT2D eigenvalue weighted by molar-refractivity contribution is 0.325. The van der Waals surface area contributed by atoms with Crippen LogP contribution in [0.25, 0.3) is 0 Å². The second kappa shape index (κ2) is 7.43. The van der Waals surface area contributed by atoms with Crippen LogP contribution in [0.5, 0.6) is 5.88 Å². The average molecular weight is 278 g/mol. The van der Waals surface area contributed by atoms with E-state index in [1.165, 1.54) is 32.1 Å². The summed E-state index contributed by atoms with van der Waals surface area (Å²) in [5.74, 6) is 2.37. The highest BCUT2D eigenvalue weighted by molar-refractivity contribution is 5.43. The molecule has 0 aliphatic heterocycles. The summed E-state index contributed by atoms with van der Waals surface area (Å²) in [6.07, 6.45) is 6.41. The van der Waals surface area contributed by atoms with Gasteiger partial charge in [-0.3, -0.25) is 0 Å². The van der Waals surface area contributed by atoms with Crippen LogP contribution >= 0.6 is 0 Å². The van der Waals surface area contributed by atoms with Crippen LogP contribution in [0.4, 0.5) is 5.82 Å². The molecule has 5 nitrogen and oxygen atoms in total. The van der Waals surface area contributed by atoms with Crippen LogP contribution in [0.1, 0.15) is 44.9 Å². The Kier molecular flexibility index (Phi) is 5.59. The third-order valence-corrected chi connectivity index (χ3v) is 3.77. The minimum Gasteiger partial charge on any atom is -0.478 e. The maximum atomic E-state index is 5.79. The highest BCUT2D eigenvalue weighted by Crippen LogP contribution is 2.27. The van der Waals surface area contributed by atoms with Crippen LogP contribution in [0, 0.1) is 6.92 Å². The average Bonchev–Trinajstić information content (AvgIpc) is 2.45. The van der Waals surface area contributed by atoms with Gasteiger partial charge in [0.15, 0.2) is 0 Å². The molecule has 20 heavy (non-hydrogen) atoms. The number of nitrogens with zero attached hydrogens (tertiary/aromatic N) is 3. The van der Waals surface area contributed by atoms with Crippen LogP contribution in [-0.2, 0) is 0 Å². The van der Waals surface area contributed by atoms with Gasteiger partial charge in [-0.15, -0.1) is 0 Å². The molecule has 1 aliphatic rings. The summed E-state index contributed by atoms with van der Waals surface area (Å²) in [5, 5.41) is 0. The van der Waals surface area contributed by atoms with Crippen LogP contribution in [0.3, 0.4) is 0 Å². The Morgan fingerprint density at radius 3 is 2.70 bits per heavy atom. The van der Waals surface area contributed by atoms with E-state index in [1.54, 1.807) is 0 Å². The Labute approximate surface area is 121 Å². The van der Waals surface area contributed by atoms with Gasteiger partial charge in [-0.25, -0.2) is 4.98 Å². The fourth-order valence-corrected chi connectivity index (χ4v) is 2.91. The zero-order chi connectivity index (χ0) is 14.4. The number of nitrogens with two attached hydrogens (primary N) is 1. The van der Waals surface area contributed by atoms with E-state index >= 15 is 0 Å². The van der Waals surface area contributed by atoms with Gasteiger partial charge in [-0.05, 0) is 26.7 Å². The van der Waals surface area contributed by atoms with Gasteiger partial charge in [0.25, 0.3) is 0 Å². The molecule has 112 valence electrons. The summed E-state index contributed by atoms with van der Waals surface area (Å²) < 4.78 is 5.53. The van der Waals surface area contributed by atoms with Gasteiger partial charge in [-0.2, -0.15) is 4.98 Å². The van der Waals surface area contributed by atoms with Crippen molar-refractivity contribution in [3.8, 4) is 5.88 Å².